The van der Waals surface area contributed by atoms with Crippen molar-refractivity contribution in [2.45, 2.75) is 90.7 Å². The highest BCUT2D eigenvalue weighted by molar-refractivity contribution is 7.17. The zero-order chi connectivity index (χ0) is 43.2. The third kappa shape index (κ3) is 9.87. The Morgan fingerprint density at radius 3 is 2.56 bits per heavy atom. The molecule has 4 amide bonds. The van der Waals surface area contributed by atoms with Crippen molar-refractivity contribution in [3.05, 3.63) is 88.7 Å². The summed E-state index contributed by atoms with van der Waals surface area (Å²) in [6.45, 7) is 10.2. The third-order valence-corrected chi connectivity index (χ3v) is 12.3. The SMILES string of the molecule is C=CCOC(=O)N1c2cc(OCCCC(=O)Nc3cc(C(=O)Nc4ccc(-c5cc(C)c(C(C)=O)s5)nc4)n(C)c3)c(C)cc2C(=O)N2CCCC[C@H]2C1OC1CCCCO1. The highest BCUT2D eigenvalue weighted by atomic mass is 32.1. The molecule has 3 aromatic heterocycles. The van der Waals surface area contributed by atoms with Gasteiger partial charge in [-0.3, -0.25) is 24.2 Å². The highest BCUT2D eigenvalue weighted by Crippen LogP contribution is 2.40. The van der Waals surface area contributed by atoms with Gasteiger partial charge in [-0.1, -0.05) is 12.7 Å². The number of nitrogens with one attached hydrogen (secondary N) is 2. The molecule has 7 rings (SSSR count). The second-order valence-electron chi connectivity index (χ2n) is 15.5. The van der Waals surface area contributed by atoms with Crippen molar-refractivity contribution < 1.29 is 42.9 Å². The van der Waals surface area contributed by atoms with Crippen LogP contribution >= 0.6 is 11.3 Å². The first-order valence-corrected chi connectivity index (χ1v) is 21.5. The molecular weight excluding hydrogens is 801 g/mol. The average Bonchev–Trinajstić information content (AvgIpc) is 3.81. The number of hydrogen-bond donors (Lipinski definition) is 2. The summed E-state index contributed by atoms with van der Waals surface area (Å²) in [5, 5.41) is 5.71. The first-order valence-electron chi connectivity index (χ1n) is 20.7. The number of Topliss-reactive ketones (excluding diaryl/α,β-unsaturated/α-hetero) is 1. The largest absolute Gasteiger partial charge is 0.493 e. The van der Waals surface area contributed by atoms with Crippen LogP contribution in [-0.4, -0.2) is 89.0 Å². The lowest BCUT2D eigenvalue weighted by Gasteiger charge is -2.42. The number of benzene rings is 1. The first-order chi connectivity index (χ1) is 29.4. The van der Waals surface area contributed by atoms with Crippen molar-refractivity contribution in [1.82, 2.24) is 14.5 Å². The Labute approximate surface area is 359 Å². The third-order valence-electron chi connectivity index (χ3n) is 11.0. The maximum Gasteiger partial charge on any atom is 0.416 e. The van der Waals surface area contributed by atoms with Crippen molar-refractivity contribution in [1.29, 1.82) is 0 Å². The lowest BCUT2D eigenvalue weighted by molar-refractivity contribution is -0.198. The Morgan fingerprint density at radius 1 is 1.02 bits per heavy atom. The highest BCUT2D eigenvalue weighted by Gasteiger charge is 2.46. The Kier molecular flexibility index (Phi) is 13.7. The molecular formula is C45H52N6O9S. The standard InChI is InChI=1S/C45H52N6O9S/c1-6-18-59-45(56)51-35-24-37(27(2)21-32(35)43(55)50-17-9-7-12-34(50)44(51)60-40-14-8-10-19-58-40)57-20-11-13-39(53)47-31-23-36(49(5)26-31)42(54)48-30-15-16-33(46-25-30)38-22-28(3)41(61-38)29(4)52/h6,15-16,21-26,34,40,44H,1,7-14,17-20H2,2-5H3,(H,47,53)(H,48,54)/t34-,40?,44?/m0/s1. The normalized spacial score (nSPS) is 18.7. The summed E-state index contributed by atoms with van der Waals surface area (Å²) in [5.41, 5.74) is 4.26. The molecule has 0 spiro atoms. The van der Waals surface area contributed by atoms with E-state index in [2.05, 4.69) is 22.2 Å². The fraction of sp³-hybridized carbons (Fsp3) is 0.422. The van der Waals surface area contributed by atoms with E-state index >= 15 is 0 Å². The van der Waals surface area contributed by atoms with Gasteiger partial charge in [-0.2, -0.15) is 0 Å². The molecule has 3 atom stereocenters. The zero-order valence-electron chi connectivity index (χ0n) is 35.0. The molecule has 3 aliphatic heterocycles. The Hall–Kier alpha value is -5.84. The van der Waals surface area contributed by atoms with Gasteiger partial charge in [0.15, 0.2) is 18.3 Å². The van der Waals surface area contributed by atoms with E-state index in [1.54, 1.807) is 61.3 Å². The van der Waals surface area contributed by atoms with Crippen molar-refractivity contribution in [3.8, 4) is 16.3 Å². The van der Waals surface area contributed by atoms with Crippen molar-refractivity contribution in [2.75, 3.05) is 41.9 Å². The fourth-order valence-corrected chi connectivity index (χ4v) is 9.01. The molecule has 2 fully saturated rings. The maximum absolute atomic E-state index is 14.2. The van der Waals surface area contributed by atoms with E-state index in [9.17, 15) is 24.0 Å². The minimum atomic E-state index is -0.858. The van der Waals surface area contributed by atoms with Crippen LogP contribution in [0, 0.1) is 13.8 Å². The number of carbonyl (C=O) groups excluding carboxylic acids is 5. The summed E-state index contributed by atoms with van der Waals surface area (Å²) < 4.78 is 26.0. The van der Waals surface area contributed by atoms with Gasteiger partial charge in [-0.15, -0.1) is 11.3 Å². The van der Waals surface area contributed by atoms with Crippen LogP contribution in [0.15, 0.2) is 61.4 Å². The summed E-state index contributed by atoms with van der Waals surface area (Å²) in [7, 11) is 1.71. The Morgan fingerprint density at radius 2 is 1.84 bits per heavy atom. The van der Waals surface area contributed by atoms with Gasteiger partial charge in [0.25, 0.3) is 11.8 Å². The molecule has 0 bridgehead atoms. The average molecular weight is 853 g/mol. The van der Waals surface area contributed by atoms with Gasteiger partial charge in [0.2, 0.25) is 5.91 Å². The molecule has 0 saturated carbocycles. The molecule has 1 aromatic carbocycles. The molecule has 2 saturated heterocycles. The van der Waals surface area contributed by atoms with E-state index in [-0.39, 0.29) is 43.1 Å². The van der Waals surface area contributed by atoms with Gasteiger partial charge in [0.05, 0.1) is 56.9 Å². The number of ether oxygens (including phenoxy) is 4. The quantitative estimate of drug-likeness (QED) is 0.0719. The molecule has 4 aromatic rings. The van der Waals surface area contributed by atoms with Gasteiger partial charge >= 0.3 is 6.09 Å². The topological polar surface area (TPSA) is 171 Å². The van der Waals surface area contributed by atoms with Crippen LogP contribution in [0.1, 0.15) is 99.9 Å². The first kappa shape index (κ1) is 43.3. The van der Waals surface area contributed by atoms with Gasteiger partial charge in [-0.25, -0.2) is 9.69 Å². The molecule has 2 N–H and O–H groups in total. The number of fused-ring (bicyclic) bond motifs is 2. The summed E-state index contributed by atoms with van der Waals surface area (Å²) in [6, 6.07) is 10.1. The van der Waals surface area contributed by atoms with Crippen LogP contribution in [0.2, 0.25) is 0 Å². The maximum atomic E-state index is 14.2. The van der Waals surface area contributed by atoms with Crippen LogP contribution in [0.5, 0.6) is 5.75 Å². The number of pyridine rings is 1. The van der Waals surface area contributed by atoms with E-state index in [4.69, 9.17) is 18.9 Å². The van der Waals surface area contributed by atoms with E-state index in [0.717, 1.165) is 36.1 Å². The van der Waals surface area contributed by atoms with Crippen LogP contribution in [0.25, 0.3) is 10.6 Å². The van der Waals surface area contributed by atoms with Gasteiger partial charge in [-0.05, 0) is 107 Å². The number of nitrogens with zero attached hydrogens (tertiary/aromatic N) is 4. The molecule has 2 unspecified atom stereocenters. The summed E-state index contributed by atoms with van der Waals surface area (Å²) in [5.74, 6) is -0.366. The van der Waals surface area contributed by atoms with E-state index < -0.39 is 24.7 Å². The number of hydrogen-bond acceptors (Lipinski definition) is 11. The summed E-state index contributed by atoms with van der Waals surface area (Å²) in [4.78, 5) is 75.5. The molecule has 322 valence electrons. The number of anilines is 3. The van der Waals surface area contributed by atoms with Gasteiger partial charge < -0.3 is 39.0 Å². The van der Waals surface area contributed by atoms with E-state index in [1.165, 1.54) is 22.3 Å². The lowest BCUT2D eigenvalue weighted by Crippen LogP contribution is -2.57. The Balaban J connectivity index is 0.983. The number of piperidine rings is 1. The predicted molar refractivity (Wildman–Crippen MR) is 231 cm³/mol. The van der Waals surface area contributed by atoms with E-state index in [1.807, 2.05) is 24.8 Å². The second-order valence-corrected chi connectivity index (χ2v) is 16.6. The van der Waals surface area contributed by atoms with Gasteiger partial charge in [0.1, 0.15) is 18.1 Å². The number of ketones is 1. The molecule has 16 heteroatoms. The minimum Gasteiger partial charge on any atom is -0.493 e. The van der Waals surface area contributed by atoms with Gasteiger partial charge in [0, 0.05) is 38.9 Å². The Bertz CT molecular complexity index is 2300. The van der Waals surface area contributed by atoms with Crippen molar-refractivity contribution in [2.24, 2.45) is 7.05 Å². The van der Waals surface area contributed by atoms with Crippen LogP contribution in [-0.2, 0) is 26.1 Å². The number of aryl methyl sites for hydroxylation is 3. The van der Waals surface area contributed by atoms with Crippen LogP contribution < -0.4 is 20.3 Å². The number of amides is 4. The summed E-state index contributed by atoms with van der Waals surface area (Å²) in [6.07, 6.45) is 8.04. The predicted octanol–water partition coefficient (Wildman–Crippen LogP) is 8.02. The minimum absolute atomic E-state index is 0.0113. The van der Waals surface area contributed by atoms with E-state index in [0.29, 0.717) is 82.6 Å². The molecule has 6 heterocycles. The zero-order valence-corrected chi connectivity index (χ0v) is 35.8. The molecule has 0 radical (unpaired) electrons. The summed E-state index contributed by atoms with van der Waals surface area (Å²) >= 11 is 1.39. The molecule has 61 heavy (non-hydrogen) atoms. The lowest BCUT2D eigenvalue weighted by atomic mass is 10.00. The molecule has 3 aliphatic rings. The molecule has 15 nitrogen and oxygen atoms in total. The van der Waals surface area contributed by atoms with Crippen LogP contribution in [0.3, 0.4) is 0 Å². The fourth-order valence-electron chi connectivity index (χ4n) is 7.96. The smallest absolute Gasteiger partial charge is 0.416 e. The number of aromatic nitrogens is 2. The monoisotopic (exact) mass is 852 g/mol. The van der Waals surface area contributed by atoms with Crippen LogP contribution in [0.4, 0.5) is 21.9 Å². The number of carbonyl (C=O) groups is 5. The van der Waals surface area contributed by atoms with Crippen molar-refractivity contribution in [3.63, 3.8) is 0 Å². The number of thiophene rings is 1. The number of rotatable bonds is 14. The van der Waals surface area contributed by atoms with Crippen molar-refractivity contribution >= 4 is 58.0 Å². The molecule has 0 aliphatic carbocycles. The second kappa shape index (κ2) is 19.3.